The van der Waals surface area contributed by atoms with Crippen molar-refractivity contribution in [1.29, 1.82) is 0 Å². The Morgan fingerprint density at radius 2 is 2.14 bits per heavy atom. The van der Waals surface area contributed by atoms with Crippen LogP contribution >= 0.6 is 0 Å². The second-order valence-electron chi connectivity index (χ2n) is 4.89. The molecule has 1 aromatic heterocycles. The first-order valence-corrected chi connectivity index (χ1v) is 6.67. The Kier molecular flexibility index (Phi) is 3.55. The van der Waals surface area contributed by atoms with Crippen molar-refractivity contribution >= 4 is 5.91 Å². The van der Waals surface area contributed by atoms with Crippen molar-refractivity contribution in [1.82, 2.24) is 19.9 Å². The zero-order valence-corrected chi connectivity index (χ0v) is 11.6. The van der Waals surface area contributed by atoms with Crippen LogP contribution in [0.2, 0.25) is 0 Å². The summed E-state index contributed by atoms with van der Waals surface area (Å²) in [5.74, 6) is -0.592. The van der Waals surface area contributed by atoms with Gasteiger partial charge in [-0.1, -0.05) is 0 Å². The Hall–Kier alpha value is -2.44. The van der Waals surface area contributed by atoms with Crippen molar-refractivity contribution in [3.8, 4) is 5.75 Å². The number of hydrogen-bond donors (Lipinski definition) is 0. The number of carbonyl (C=O) groups is 1. The lowest BCUT2D eigenvalue weighted by atomic mass is 10.2. The molecule has 0 unspecified atom stereocenters. The quantitative estimate of drug-likeness (QED) is 0.860. The normalized spacial score (nSPS) is 18.0. The largest absolute Gasteiger partial charge is 0.494 e. The second-order valence-corrected chi connectivity index (χ2v) is 4.89. The number of nitrogens with zero attached hydrogens (tertiary/aromatic N) is 4. The summed E-state index contributed by atoms with van der Waals surface area (Å²) in [4.78, 5) is 15.7. The maximum atomic E-state index is 13.7. The third-order valence-electron chi connectivity index (χ3n) is 3.61. The van der Waals surface area contributed by atoms with Gasteiger partial charge in [-0.2, -0.15) is 15.0 Å². The van der Waals surface area contributed by atoms with Crippen LogP contribution in [0.4, 0.5) is 4.39 Å². The third kappa shape index (κ3) is 2.58. The van der Waals surface area contributed by atoms with E-state index >= 15 is 0 Å². The van der Waals surface area contributed by atoms with Crippen molar-refractivity contribution < 1.29 is 13.9 Å². The number of likely N-dealkylation sites (tertiary alicyclic amines) is 1. The summed E-state index contributed by atoms with van der Waals surface area (Å²) in [5, 5.41) is 8.19. The van der Waals surface area contributed by atoms with Crippen LogP contribution in [0, 0.1) is 5.82 Å². The lowest BCUT2D eigenvalue weighted by Gasteiger charge is -2.16. The first kappa shape index (κ1) is 13.5. The number of benzene rings is 1. The molecule has 1 aliphatic rings. The standard InChI is InChI=1S/C14H15FN4O2/c1-21-13-3-2-10(8-12(13)15)14(20)18-7-4-11(9-18)19-16-5-6-17-19/h2-3,5-6,8,11H,4,7,9H2,1H3/t11-/m1/s1. The molecule has 2 heterocycles. The number of methoxy groups -OCH3 is 1. The van der Waals surface area contributed by atoms with Crippen LogP contribution < -0.4 is 4.74 Å². The predicted molar refractivity (Wildman–Crippen MR) is 72.5 cm³/mol. The number of hydrogen-bond acceptors (Lipinski definition) is 4. The van der Waals surface area contributed by atoms with Crippen molar-refractivity contribution in [3.05, 3.63) is 42.0 Å². The lowest BCUT2D eigenvalue weighted by Crippen LogP contribution is -2.29. The van der Waals surface area contributed by atoms with Crippen LogP contribution in [-0.2, 0) is 0 Å². The molecule has 1 atom stereocenters. The summed E-state index contributed by atoms with van der Waals surface area (Å²) < 4.78 is 18.5. The lowest BCUT2D eigenvalue weighted by molar-refractivity contribution is 0.0785. The minimum atomic E-state index is -0.534. The van der Waals surface area contributed by atoms with E-state index in [2.05, 4.69) is 10.2 Å². The number of halogens is 1. The first-order chi connectivity index (χ1) is 10.2. The van der Waals surface area contributed by atoms with E-state index in [1.165, 1.54) is 19.2 Å². The number of ether oxygens (including phenoxy) is 1. The summed E-state index contributed by atoms with van der Waals surface area (Å²) in [6.45, 7) is 1.14. The average molecular weight is 290 g/mol. The fourth-order valence-corrected chi connectivity index (χ4v) is 2.51. The zero-order chi connectivity index (χ0) is 14.8. The molecule has 1 amide bonds. The number of amides is 1. The predicted octanol–water partition coefficient (Wildman–Crippen LogP) is 1.51. The van der Waals surface area contributed by atoms with Gasteiger partial charge in [-0.25, -0.2) is 4.39 Å². The molecule has 21 heavy (non-hydrogen) atoms. The van der Waals surface area contributed by atoms with Gasteiger partial charge in [0.2, 0.25) is 0 Å². The van der Waals surface area contributed by atoms with Gasteiger partial charge in [0, 0.05) is 18.7 Å². The first-order valence-electron chi connectivity index (χ1n) is 6.67. The SMILES string of the molecule is COc1ccc(C(=O)N2CC[C@@H](n3nccn3)C2)cc1F. The molecule has 7 heteroatoms. The average Bonchev–Trinajstić information content (AvgIpc) is 3.17. The van der Waals surface area contributed by atoms with Gasteiger partial charge in [-0.3, -0.25) is 4.79 Å². The second kappa shape index (κ2) is 5.51. The van der Waals surface area contributed by atoms with Gasteiger partial charge in [0.1, 0.15) is 0 Å². The summed E-state index contributed by atoms with van der Waals surface area (Å²) in [7, 11) is 1.39. The maximum absolute atomic E-state index is 13.7. The molecule has 0 radical (unpaired) electrons. The highest BCUT2D eigenvalue weighted by molar-refractivity contribution is 5.94. The topological polar surface area (TPSA) is 60.2 Å². The highest BCUT2D eigenvalue weighted by Gasteiger charge is 2.29. The molecule has 1 aromatic carbocycles. The Balaban J connectivity index is 1.73. The van der Waals surface area contributed by atoms with Crippen LogP contribution in [0.1, 0.15) is 22.8 Å². The molecule has 1 fully saturated rings. The van der Waals surface area contributed by atoms with Gasteiger partial charge >= 0.3 is 0 Å². The Morgan fingerprint density at radius 1 is 1.38 bits per heavy atom. The van der Waals surface area contributed by atoms with E-state index < -0.39 is 5.82 Å². The van der Waals surface area contributed by atoms with Gasteiger partial charge in [-0.15, -0.1) is 0 Å². The van der Waals surface area contributed by atoms with Gasteiger partial charge in [0.05, 0.1) is 25.5 Å². The minimum absolute atomic E-state index is 0.0760. The molecule has 0 saturated carbocycles. The Morgan fingerprint density at radius 3 is 2.81 bits per heavy atom. The van der Waals surface area contributed by atoms with Gasteiger partial charge in [-0.05, 0) is 24.6 Å². The van der Waals surface area contributed by atoms with Crippen molar-refractivity contribution in [2.45, 2.75) is 12.5 Å². The molecule has 110 valence electrons. The van der Waals surface area contributed by atoms with Crippen molar-refractivity contribution in [3.63, 3.8) is 0 Å². The zero-order valence-electron chi connectivity index (χ0n) is 11.6. The van der Waals surface area contributed by atoms with Crippen LogP contribution in [0.15, 0.2) is 30.6 Å². The molecular weight excluding hydrogens is 275 g/mol. The molecular formula is C14H15FN4O2. The van der Waals surface area contributed by atoms with Crippen LogP contribution in [0.25, 0.3) is 0 Å². The monoisotopic (exact) mass is 290 g/mol. The van der Waals surface area contributed by atoms with E-state index in [1.54, 1.807) is 28.2 Å². The highest BCUT2D eigenvalue weighted by Crippen LogP contribution is 2.23. The van der Waals surface area contributed by atoms with Gasteiger partial charge < -0.3 is 9.64 Å². The maximum Gasteiger partial charge on any atom is 0.254 e. The summed E-state index contributed by atoms with van der Waals surface area (Å²) in [6, 6.07) is 4.32. The molecule has 0 bridgehead atoms. The number of rotatable bonds is 3. The van der Waals surface area contributed by atoms with Crippen molar-refractivity contribution in [2.24, 2.45) is 0 Å². The summed E-state index contributed by atoms with van der Waals surface area (Å²) in [6.07, 6.45) is 4.02. The third-order valence-corrected chi connectivity index (χ3v) is 3.61. The fourth-order valence-electron chi connectivity index (χ4n) is 2.51. The molecule has 3 rings (SSSR count). The van der Waals surface area contributed by atoms with E-state index in [4.69, 9.17) is 4.74 Å². The van der Waals surface area contributed by atoms with Gasteiger partial charge in [0.25, 0.3) is 5.91 Å². The molecule has 2 aromatic rings. The van der Waals surface area contributed by atoms with Crippen LogP contribution in [-0.4, -0.2) is 46.0 Å². The van der Waals surface area contributed by atoms with E-state index in [0.717, 1.165) is 6.42 Å². The smallest absolute Gasteiger partial charge is 0.254 e. The Bertz CT molecular complexity index is 644. The van der Waals surface area contributed by atoms with Crippen LogP contribution in [0.3, 0.4) is 0 Å². The molecule has 0 spiro atoms. The highest BCUT2D eigenvalue weighted by atomic mass is 19.1. The fraction of sp³-hybridized carbons (Fsp3) is 0.357. The van der Waals surface area contributed by atoms with Crippen molar-refractivity contribution in [2.75, 3.05) is 20.2 Å². The minimum Gasteiger partial charge on any atom is -0.494 e. The van der Waals surface area contributed by atoms with E-state index in [9.17, 15) is 9.18 Å². The van der Waals surface area contributed by atoms with Crippen LogP contribution in [0.5, 0.6) is 5.75 Å². The summed E-state index contributed by atoms with van der Waals surface area (Å²) in [5.41, 5.74) is 0.322. The van der Waals surface area contributed by atoms with E-state index in [0.29, 0.717) is 18.7 Å². The van der Waals surface area contributed by atoms with E-state index in [-0.39, 0.29) is 17.7 Å². The molecule has 6 nitrogen and oxygen atoms in total. The molecule has 1 aliphatic heterocycles. The number of carbonyl (C=O) groups excluding carboxylic acids is 1. The summed E-state index contributed by atoms with van der Waals surface area (Å²) >= 11 is 0. The van der Waals surface area contributed by atoms with E-state index in [1.807, 2.05) is 0 Å². The van der Waals surface area contributed by atoms with Gasteiger partial charge in [0.15, 0.2) is 11.6 Å². The molecule has 0 aliphatic carbocycles. The molecule has 0 N–H and O–H groups in total. The number of aromatic nitrogens is 3. The molecule has 1 saturated heterocycles. The Labute approximate surface area is 121 Å².